The first-order valence-corrected chi connectivity index (χ1v) is 3.39. The van der Waals surface area contributed by atoms with Gasteiger partial charge in [0.05, 0.1) is 12.2 Å². The third-order valence-corrected chi connectivity index (χ3v) is 2.08. The highest BCUT2D eigenvalue weighted by atomic mass is 16.3. The van der Waals surface area contributed by atoms with E-state index in [1.54, 1.807) is 0 Å². The van der Waals surface area contributed by atoms with Crippen LogP contribution in [-0.2, 0) is 0 Å². The molecule has 1 aliphatic rings. The molecule has 4 nitrogen and oxygen atoms in total. The molecule has 0 spiro atoms. The summed E-state index contributed by atoms with van der Waals surface area (Å²) in [6.45, 7) is -0.105. The van der Waals surface area contributed by atoms with E-state index in [2.05, 4.69) is 0 Å². The molecule has 0 heterocycles. The second-order valence-electron chi connectivity index (χ2n) is 2.82. The summed E-state index contributed by atoms with van der Waals surface area (Å²) in [6.07, 6.45) is -1.21. The van der Waals surface area contributed by atoms with Crippen LogP contribution in [0.3, 0.4) is 0 Å². The maximum Gasteiger partial charge on any atom is 0.0953 e. The van der Waals surface area contributed by atoms with Gasteiger partial charge in [-0.15, -0.1) is 0 Å². The standard InChI is InChI=1S/C6H13NO3/c7-4-1-3(2-8)5(9)6(4)10/h3-6,8-10H,1-2,7H2/t3-,4+,5-,6+/m0/s1. The number of hydrogen-bond acceptors (Lipinski definition) is 4. The van der Waals surface area contributed by atoms with Gasteiger partial charge in [-0.1, -0.05) is 0 Å². The molecule has 0 radical (unpaired) electrons. The van der Waals surface area contributed by atoms with Crippen LogP contribution < -0.4 is 5.73 Å². The van der Waals surface area contributed by atoms with E-state index in [4.69, 9.17) is 21.1 Å². The van der Waals surface area contributed by atoms with Crippen molar-refractivity contribution in [1.82, 2.24) is 0 Å². The average molecular weight is 147 g/mol. The van der Waals surface area contributed by atoms with E-state index in [-0.39, 0.29) is 18.6 Å². The highest BCUT2D eigenvalue weighted by Gasteiger charge is 2.38. The Hall–Kier alpha value is -0.160. The minimum atomic E-state index is -0.864. The second-order valence-corrected chi connectivity index (χ2v) is 2.82. The summed E-state index contributed by atoms with van der Waals surface area (Å²) in [4.78, 5) is 0. The summed E-state index contributed by atoms with van der Waals surface area (Å²) < 4.78 is 0. The Kier molecular flexibility index (Phi) is 2.25. The SMILES string of the molecule is N[C@@H]1C[C@@H](CO)[C@H](O)[C@@H]1O. The first kappa shape index (κ1) is 7.94. The van der Waals surface area contributed by atoms with Crippen molar-refractivity contribution in [2.24, 2.45) is 11.7 Å². The van der Waals surface area contributed by atoms with Crippen LogP contribution in [0.15, 0.2) is 0 Å². The molecule has 0 aromatic carbocycles. The third-order valence-electron chi connectivity index (χ3n) is 2.08. The summed E-state index contributed by atoms with van der Waals surface area (Å²) in [5, 5.41) is 26.9. The van der Waals surface area contributed by atoms with Gasteiger partial charge in [-0.3, -0.25) is 0 Å². The summed E-state index contributed by atoms with van der Waals surface area (Å²) in [6, 6.07) is -0.382. The van der Waals surface area contributed by atoms with Crippen molar-refractivity contribution in [3.63, 3.8) is 0 Å². The van der Waals surface area contributed by atoms with Gasteiger partial charge in [-0.05, 0) is 6.42 Å². The van der Waals surface area contributed by atoms with Crippen LogP contribution in [0, 0.1) is 5.92 Å². The Morgan fingerprint density at radius 2 is 1.90 bits per heavy atom. The van der Waals surface area contributed by atoms with Crippen molar-refractivity contribution in [2.45, 2.75) is 24.7 Å². The quantitative estimate of drug-likeness (QED) is 0.347. The van der Waals surface area contributed by atoms with Gasteiger partial charge in [0.2, 0.25) is 0 Å². The molecule has 1 aliphatic carbocycles. The van der Waals surface area contributed by atoms with Crippen molar-refractivity contribution in [3.05, 3.63) is 0 Å². The van der Waals surface area contributed by atoms with Crippen LogP contribution in [0.2, 0.25) is 0 Å². The first-order valence-electron chi connectivity index (χ1n) is 3.39. The van der Waals surface area contributed by atoms with Crippen LogP contribution in [0.5, 0.6) is 0 Å². The Bertz CT molecular complexity index is 120. The van der Waals surface area contributed by atoms with Crippen LogP contribution in [-0.4, -0.2) is 40.2 Å². The fourth-order valence-electron chi connectivity index (χ4n) is 1.34. The highest BCUT2D eigenvalue weighted by molar-refractivity contribution is 4.92. The van der Waals surface area contributed by atoms with E-state index in [0.29, 0.717) is 6.42 Å². The zero-order valence-corrected chi connectivity index (χ0v) is 5.64. The first-order chi connectivity index (χ1) is 4.66. The van der Waals surface area contributed by atoms with E-state index >= 15 is 0 Å². The fourth-order valence-corrected chi connectivity index (χ4v) is 1.34. The molecule has 0 amide bonds. The third kappa shape index (κ3) is 1.15. The van der Waals surface area contributed by atoms with Crippen LogP contribution in [0.25, 0.3) is 0 Å². The Morgan fingerprint density at radius 3 is 2.10 bits per heavy atom. The topological polar surface area (TPSA) is 86.7 Å². The lowest BCUT2D eigenvalue weighted by Gasteiger charge is -2.13. The average Bonchev–Trinajstić information content (AvgIpc) is 2.17. The van der Waals surface area contributed by atoms with Crippen LogP contribution in [0.4, 0.5) is 0 Å². The summed E-state index contributed by atoms with van der Waals surface area (Å²) in [5.41, 5.74) is 5.41. The minimum Gasteiger partial charge on any atom is -0.396 e. The number of aliphatic hydroxyl groups excluding tert-OH is 3. The fraction of sp³-hybridized carbons (Fsp3) is 1.00. The number of hydrogen-bond donors (Lipinski definition) is 4. The maximum atomic E-state index is 9.14. The summed E-state index contributed by atoms with van der Waals surface area (Å²) in [5.74, 6) is -0.245. The molecule has 1 fully saturated rings. The lowest BCUT2D eigenvalue weighted by molar-refractivity contribution is 0.00300. The molecule has 4 heteroatoms. The molecule has 0 aromatic rings. The molecule has 0 bridgehead atoms. The van der Waals surface area contributed by atoms with Crippen molar-refractivity contribution < 1.29 is 15.3 Å². The van der Waals surface area contributed by atoms with E-state index < -0.39 is 12.2 Å². The highest BCUT2D eigenvalue weighted by Crippen LogP contribution is 2.24. The molecule has 5 N–H and O–H groups in total. The lowest BCUT2D eigenvalue weighted by atomic mass is 10.1. The lowest BCUT2D eigenvalue weighted by Crippen LogP contribution is -2.35. The predicted octanol–water partition coefficient (Wildman–Crippen LogP) is -1.95. The van der Waals surface area contributed by atoms with E-state index in [9.17, 15) is 0 Å². The summed E-state index contributed by atoms with van der Waals surface area (Å²) in [7, 11) is 0. The van der Waals surface area contributed by atoms with Crippen LogP contribution in [0.1, 0.15) is 6.42 Å². The molecule has 0 unspecified atom stereocenters. The predicted molar refractivity (Wildman–Crippen MR) is 35.2 cm³/mol. The van der Waals surface area contributed by atoms with Gasteiger partial charge in [0.25, 0.3) is 0 Å². The molecule has 0 aromatic heterocycles. The van der Waals surface area contributed by atoms with Gasteiger partial charge in [-0.25, -0.2) is 0 Å². The maximum absolute atomic E-state index is 9.14. The minimum absolute atomic E-state index is 0.105. The normalized spacial score (nSPS) is 48.0. The molecular weight excluding hydrogens is 134 g/mol. The van der Waals surface area contributed by atoms with E-state index in [1.807, 2.05) is 0 Å². The number of aliphatic hydroxyl groups is 3. The molecule has 60 valence electrons. The van der Waals surface area contributed by atoms with Crippen molar-refractivity contribution in [1.29, 1.82) is 0 Å². The smallest absolute Gasteiger partial charge is 0.0953 e. The molecule has 0 saturated heterocycles. The van der Waals surface area contributed by atoms with Crippen LogP contribution >= 0.6 is 0 Å². The summed E-state index contributed by atoms with van der Waals surface area (Å²) >= 11 is 0. The van der Waals surface area contributed by atoms with Gasteiger partial charge in [-0.2, -0.15) is 0 Å². The van der Waals surface area contributed by atoms with Crippen molar-refractivity contribution in [3.8, 4) is 0 Å². The van der Waals surface area contributed by atoms with E-state index in [0.717, 1.165) is 0 Å². The second kappa shape index (κ2) is 2.84. The van der Waals surface area contributed by atoms with E-state index in [1.165, 1.54) is 0 Å². The molecular formula is C6H13NO3. The van der Waals surface area contributed by atoms with Gasteiger partial charge >= 0.3 is 0 Å². The number of nitrogens with two attached hydrogens (primary N) is 1. The zero-order chi connectivity index (χ0) is 7.72. The Labute approximate surface area is 59.3 Å². The van der Waals surface area contributed by atoms with Gasteiger partial charge in [0.15, 0.2) is 0 Å². The number of rotatable bonds is 1. The Balaban J connectivity index is 2.53. The molecule has 0 aliphatic heterocycles. The zero-order valence-electron chi connectivity index (χ0n) is 5.64. The van der Waals surface area contributed by atoms with Crippen molar-refractivity contribution >= 4 is 0 Å². The van der Waals surface area contributed by atoms with Crippen molar-refractivity contribution in [2.75, 3.05) is 6.61 Å². The van der Waals surface area contributed by atoms with Gasteiger partial charge < -0.3 is 21.1 Å². The monoisotopic (exact) mass is 147 g/mol. The molecule has 1 rings (SSSR count). The molecule has 4 atom stereocenters. The molecule has 10 heavy (non-hydrogen) atoms. The molecule has 1 saturated carbocycles. The van der Waals surface area contributed by atoms with Gasteiger partial charge in [0, 0.05) is 18.6 Å². The van der Waals surface area contributed by atoms with Gasteiger partial charge in [0.1, 0.15) is 0 Å². The Morgan fingerprint density at radius 1 is 1.30 bits per heavy atom. The largest absolute Gasteiger partial charge is 0.396 e.